The van der Waals surface area contributed by atoms with Crippen LogP contribution < -0.4 is 5.32 Å². The predicted molar refractivity (Wildman–Crippen MR) is 96.9 cm³/mol. The average molecular weight is 339 g/mol. The molecule has 3 rings (SSSR count). The molecule has 2 heterocycles. The number of hydrogen-bond donors (Lipinski definition) is 1. The Morgan fingerprint density at radius 3 is 2.80 bits per heavy atom. The van der Waals surface area contributed by atoms with E-state index in [9.17, 15) is 0 Å². The topological polar surface area (TPSA) is 66.1 Å². The van der Waals surface area contributed by atoms with Crippen LogP contribution in [0.15, 0.2) is 30.5 Å². The van der Waals surface area contributed by atoms with E-state index in [4.69, 9.17) is 10.00 Å². The minimum absolute atomic E-state index is 0.203. The van der Waals surface area contributed by atoms with Crippen molar-refractivity contribution in [3.63, 3.8) is 0 Å². The Balaban J connectivity index is 1.69. The van der Waals surface area contributed by atoms with E-state index < -0.39 is 0 Å². The fourth-order valence-corrected chi connectivity index (χ4v) is 3.13. The van der Waals surface area contributed by atoms with Crippen molar-refractivity contribution < 1.29 is 4.74 Å². The smallest absolute Gasteiger partial charge is 0.0991 e. The molecule has 2 aromatic rings. The predicted octanol–water partition coefficient (Wildman–Crippen LogP) is 1.77. The lowest BCUT2D eigenvalue weighted by Crippen LogP contribution is -2.49. The molecule has 1 fully saturated rings. The summed E-state index contributed by atoms with van der Waals surface area (Å²) in [6.07, 6.45) is 2.25. The van der Waals surface area contributed by atoms with Gasteiger partial charge >= 0.3 is 0 Å². The first-order chi connectivity index (χ1) is 12.1. The number of ether oxygens (including phenoxy) is 1. The fourth-order valence-electron chi connectivity index (χ4n) is 3.13. The molecule has 1 aromatic heterocycles. The van der Waals surface area contributed by atoms with Crippen molar-refractivity contribution in [1.82, 2.24) is 20.0 Å². The molecule has 1 aliphatic heterocycles. The molecule has 6 heteroatoms. The maximum Gasteiger partial charge on any atom is 0.0991 e. The number of nitrogens with zero attached hydrogens (tertiary/aromatic N) is 4. The minimum Gasteiger partial charge on any atom is -0.374 e. The summed E-state index contributed by atoms with van der Waals surface area (Å²) in [4.78, 5) is 2.30. The zero-order valence-corrected chi connectivity index (χ0v) is 15.1. The summed E-state index contributed by atoms with van der Waals surface area (Å²) in [6, 6.07) is 9.97. The van der Waals surface area contributed by atoms with Gasteiger partial charge in [0, 0.05) is 50.0 Å². The molecule has 0 amide bonds. The van der Waals surface area contributed by atoms with Gasteiger partial charge in [0.05, 0.1) is 30.0 Å². The molecule has 0 unspecified atom stereocenters. The molecular weight excluding hydrogens is 314 g/mol. The largest absolute Gasteiger partial charge is 0.374 e. The second-order valence-electron chi connectivity index (χ2n) is 6.71. The molecule has 132 valence electrons. The molecule has 0 radical (unpaired) electrons. The van der Waals surface area contributed by atoms with Gasteiger partial charge in [-0.05, 0) is 26.1 Å². The lowest BCUT2D eigenvalue weighted by Gasteiger charge is -2.34. The summed E-state index contributed by atoms with van der Waals surface area (Å²) in [5.41, 5.74) is 3.78. The maximum atomic E-state index is 8.95. The number of hydrogen-bond acceptors (Lipinski definition) is 5. The van der Waals surface area contributed by atoms with Gasteiger partial charge in [0.15, 0.2) is 0 Å². The van der Waals surface area contributed by atoms with E-state index in [0.29, 0.717) is 5.56 Å². The third kappa shape index (κ3) is 4.26. The molecule has 2 atom stereocenters. The molecule has 0 aliphatic carbocycles. The number of rotatable bonds is 5. The zero-order chi connectivity index (χ0) is 17.8. The SMILES string of the molecule is C[C@@H](NCc1cn(C)nc1-c1ccc(C#N)cc1)[C@@H]1CN(C)CCO1. The Kier molecular flexibility index (Phi) is 5.49. The Labute approximate surface area is 149 Å². The highest BCUT2D eigenvalue weighted by Gasteiger charge is 2.23. The fraction of sp³-hybridized carbons (Fsp3) is 0.474. The number of nitrogens with one attached hydrogen (secondary N) is 1. The molecule has 1 N–H and O–H groups in total. The summed E-state index contributed by atoms with van der Waals surface area (Å²) in [6.45, 7) is 5.63. The van der Waals surface area contributed by atoms with E-state index in [1.165, 1.54) is 0 Å². The van der Waals surface area contributed by atoms with Crippen LogP contribution in [0.4, 0.5) is 0 Å². The molecule has 6 nitrogen and oxygen atoms in total. The van der Waals surface area contributed by atoms with Gasteiger partial charge < -0.3 is 15.0 Å². The van der Waals surface area contributed by atoms with Crippen molar-refractivity contribution >= 4 is 0 Å². The molecule has 0 spiro atoms. The number of aromatic nitrogens is 2. The standard InChI is InChI=1S/C19H25N5O/c1-14(18-13-23(2)8-9-25-18)21-11-17-12-24(3)22-19(17)16-6-4-15(10-20)5-7-16/h4-7,12,14,18,21H,8-9,11,13H2,1-3H3/t14-,18+/m1/s1. The highest BCUT2D eigenvalue weighted by molar-refractivity contribution is 5.63. The number of likely N-dealkylation sites (N-methyl/N-ethyl adjacent to an activating group) is 1. The van der Waals surface area contributed by atoms with Gasteiger partial charge in [-0.1, -0.05) is 12.1 Å². The van der Waals surface area contributed by atoms with Crippen molar-refractivity contribution in [2.45, 2.75) is 25.6 Å². The normalized spacial score (nSPS) is 19.5. The van der Waals surface area contributed by atoms with Gasteiger partial charge in [0.2, 0.25) is 0 Å². The van der Waals surface area contributed by atoms with Crippen LogP contribution in [-0.4, -0.2) is 53.6 Å². The van der Waals surface area contributed by atoms with Crippen molar-refractivity contribution in [2.24, 2.45) is 7.05 Å². The lowest BCUT2D eigenvalue weighted by molar-refractivity contribution is -0.0356. The number of benzene rings is 1. The van der Waals surface area contributed by atoms with Crippen LogP contribution in [0, 0.1) is 11.3 Å². The van der Waals surface area contributed by atoms with Crippen LogP contribution in [0.2, 0.25) is 0 Å². The van der Waals surface area contributed by atoms with Crippen LogP contribution in [0.5, 0.6) is 0 Å². The molecule has 0 saturated carbocycles. The van der Waals surface area contributed by atoms with E-state index in [1.807, 2.05) is 42.2 Å². The highest BCUT2D eigenvalue weighted by atomic mass is 16.5. The summed E-state index contributed by atoms with van der Waals surface area (Å²) < 4.78 is 7.72. The summed E-state index contributed by atoms with van der Waals surface area (Å²) >= 11 is 0. The Morgan fingerprint density at radius 1 is 1.36 bits per heavy atom. The number of morpholine rings is 1. The summed E-state index contributed by atoms with van der Waals surface area (Å²) in [7, 11) is 4.06. The van der Waals surface area contributed by atoms with Gasteiger partial charge in [-0.3, -0.25) is 4.68 Å². The summed E-state index contributed by atoms with van der Waals surface area (Å²) in [5, 5.41) is 17.1. The second kappa shape index (κ2) is 7.79. The van der Waals surface area contributed by atoms with E-state index in [2.05, 4.69) is 35.4 Å². The molecular formula is C19H25N5O. The lowest BCUT2D eigenvalue weighted by atomic mass is 10.1. The van der Waals surface area contributed by atoms with Crippen molar-refractivity contribution in [3.8, 4) is 17.3 Å². The first-order valence-corrected chi connectivity index (χ1v) is 8.63. The molecule has 1 saturated heterocycles. The van der Waals surface area contributed by atoms with Crippen LogP contribution >= 0.6 is 0 Å². The van der Waals surface area contributed by atoms with Crippen molar-refractivity contribution in [1.29, 1.82) is 5.26 Å². The van der Waals surface area contributed by atoms with Gasteiger partial charge in [0.1, 0.15) is 0 Å². The Bertz CT molecular complexity index is 746. The first kappa shape index (κ1) is 17.6. The van der Waals surface area contributed by atoms with Gasteiger partial charge in [-0.15, -0.1) is 0 Å². The number of nitriles is 1. The Morgan fingerprint density at radius 2 is 2.12 bits per heavy atom. The highest BCUT2D eigenvalue weighted by Crippen LogP contribution is 2.22. The number of aryl methyl sites for hydroxylation is 1. The van der Waals surface area contributed by atoms with Gasteiger partial charge in [-0.25, -0.2) is 0 Å². The average Bonchev–Trinajstić information content (AvgIpc) is 3.00. The van der Waals surface area contributed by atoms with Crippen LogP contribution in [0.1, 0.15) is 18.1 Å². The second-order valence-corrected chi connectivity index (χ2v) is 6.71. The van der Waals surface area contributed by atoms with E-state index >= 15 is 0 Å². The molecule has 1 aromatic carbocycles. The van der Waals surface area contributed by atoms with E-state index in [-0.39, 0.29) is 12.1 Å². The molecule has 25 heavy (non-hydrogen) atoms. The van der Waals surface area contributed by atoms with Gasteiger partial charge in [0.25, 0.3) is 0 Å². The zero-order valence-electron chi connectivity index (χ0n) is 15.1. The van der Waals surface area contributed by atoms with Crippen molar-refractivity contribution in [3.05, 3.63) is 41.6 Å². The molecule has 0 bridgehead atoms. The first-order valence-electron chi connectivity index (χ1n) is 8.63. The third-order valence-electron chi connectivity index (χ3n) is 4.66. The molecule has 1 aliphatic rings. The van der Waals surface area contributed by atoms with Crippen LogP contribution in [0.3, 0.4) is 0 Å². The van der Waals surface area contributed by atoms with E-state index in [0.717, 1.165) is 43.1 Å². The maximum absolute atomic E-state index is 8.95. The van der Waals surface area contributed by atoms with Crippen LogP contribution in [-0.2, 0) is 18.3 Å². The quantitative estimate of drug-likeness (QED) is 0.899. The van der Waals surface area contributed by atoms with Gasteiger partial charge in [-0.2, -0.15) is 10.4 Å². The Hall–Kier alpha value is -2.20. The van der Waals surface area contributed by atoms with E-state index in [1.54, 1.807) is 0 Å². The van der Waals surface area contributed by atoms with Crippen LogP contribution in [0.25, 0.3) is 11.3 Å². The minimum atomic E-state index is 0.203. The monoisotopic (exact) mass is 339 g/mol. The summed E-state index contributed by atoms with van der Waals surface area (Å²) in [5.74, 6) is 0. The van der Waals surface area contributed by atoms with Crippen molar-refractivity contribution in [2.75, 3.05) is 26.7 Å². The third-order valence-corrected chi connectivity index (χ3v) is 4.66.